The van der Waals surface area contributed by atoms with Crippen molar-refractivity contribution in [2.45, 2.75) is 0 Å². The predicted molar refractivity (Wildman–Crippen MR) is 63.1 cm³/mol. The van der Waals surface area contributed by atoms with Gasteiger partial charge in [-0.3, -0.25) is 9.78 Å². The molecule has 0 aliphatic rings. The molecule has 86 valence electrons. The molecule has 0 saturated heterocycles. The number of hydrogen-bond acceptors (Lipinski definition) is 4. The maximum absolute atomic E-state index is 11.8. The number of carbonyl (C=O) groups excluding carboxylic acids is 1. The summed E-state index contributed by atoms with van der Waals surface area (Å²) >= 11 is 5.68. The average molecular weight is 250 g/mol. The number of aromatic nitrogens is 2. The number of anilines is 1. The second-order valence-electron chi connectivity index (χ2n) is 3.25. The number of aromatic hydroxyl groups is 1. The fourth-order valence-electron chi connectivity index (χ4n) is 1.24. The van der Waals surface area contributed by atoms with Crippen molar-refractivity contribution in [3.05, 3.63) is 47.5 Å². The van der Waals surface area contributed by atoms with E-state index in [0.29, 0.717) is 5.69 Å². The summed E-state index contributed by atoms with van der Waals surface area (Å²) in [5.74, 6) is -0.443. The molecule has 2 aromatic heterocycles. The second-order valence-corrected chi connectivity index (χ2v) is 3.64. The lowest BCUT2D eigenvalue weighted by Gasteiger charge is -2.04. The van der Waals surface area contributed by atoms with Crippen molar-refractivity contribution in [1.82, 2.24) is 9.97 Å². The zero-order valence-electron chi connectivity index (χ0n) is 8.59. The van der Waals surface area contributed by atoms with E-state index in [2.05, 4.69) is 15.3 Å². The molecule has 2 aromatic rings. The van der Waals surface area contributed by atoms with Gasteiger partial charge in [0.2, 0.25) is 0 Å². The molecule has 17 heavy (non-hydrogen) atoms. The van der Waals surface area contributed by atoms with Crippen molar-refractivity contribution in [3.8, 4) is 5.75 Å². The summed E-state index contributed by atoms with van der Waals surface area (Å²) in [4.78, 5) is 19.3. The summed E-state index contributed by atoms with van der Waals surface area (Å²) in [7, 11) is 0. The molecule has 0 spiro atoms. The van der Waals surface area contributed by atoms with Crippen LogP contribution in [-0.2, 0) is 0 Å². The van der Waals surface area contributed by atoms with Crippen LogP contribution in [0.2, 0.25) is 5.15 Å². The summed E-state index contributed by atoms with van der Waals surface area (Å²) in [6.07, 6.45) is 4.09. The van der Waals surface area contributed by atoms with Gasteiger partial charge in [0.15, 0.2) is 0 Å². The van der Waals surface area contributed by atoms with Crippen molar-refractivity contribution in [3.63, 3.8) is 0 Å². The Morgan fingerprint density at radius 2 is 2.18 bits per heavy atom. The zero-order chi connectivity index (χ0) is 12.3. The van der Waals surface area contributed by atoms with E-state index in [-0.39, 0.29) is 22.4 Å². The van der Waals surface area contributed by atoms with E-state index >= 15 is 0 Å². The van der Waals surface area contributed by atoms with Crippen molar-refractivity contribution in [2.24, 2.45) is 0 Å². The maximum Gasteiger partial charge on any atom is 0.257 e. The van der Waals surface area contributed by atoms with E-state index in [1.807, 2.05) is 0 Å². The predicted octanol–water partition coefficient (Wildman–Crippen LogP) is 2.09. The molecule has 0 saturated carbocycles. The quantitative estimate of drug-likeness (QED) is 0.799. The summed E-state index contributed by atoms with van der Waals surface area (Å²) in [5.41, 5.74) is 0.788. The van der Waals surface area contributed by atoms with E-state index in [0.717, 1.165) is 0 Å². The first-order valence-corrected chi connectivity index (χ1v) is 5.10. The van der Waals surface area contributed by atoms with Gasteiger partial charge in [-0.05, 0) is 18.2 Å². The van der Waals surface area contributed by atoms with Gasteiger partial charge < -0.3 is 10.4 Å². The van der Waals surface area contributed by atoms with Crippen LogP contribution in [0.1, 0.15) is 10.4 Å². The van der Waals surface area contributed by atoms with Crippen LogP contribution in [0.15, 0.2) is 36.8 Å². The van der Waals surface area contributed by atoms with Crippen LogP contribution < -0.4 is 5.32 Å². The summed E-state index contributed by atoms with van der Waals surface area (Å²) in [5, 5.41) is 12.1. The highest BCUT2D eigenvalue weighted by Crippen LogP contribution is 2.14. The molecule has 1 amide bonds. The molecule has 0 bridgehead atoms. The molecule has 0 atom stereocenters. The Morgan fingerprint density at radius 1 is 1.35 bits per heavy atom. The van der Waals surface area contributed by atoms with Crippen LogP contribution in [0.5, 0.6) is 5.75 Å². The molecular weight excluding hydrogens is 242 g/mol. The molecule has 0 unspecified atom stereocenters. The second kappa shape index (κ2) is 4.80. The molecule has 0 aliphatic carbocycles. The van der Waals surface area contributed by atoms with Crippen molar-refractivity contribution >= 4 is 23.2 Å². The van der Waals surface area contributed by atoms with Crippen LogP contribution >= 0.6 is 11.6 Å². The smallest absolute Gasteiger partial charge is 0.257 e. The fraction of sp³-hybridized carbons (Fsp3) is 0. The Balaban J connectivity index is 2.17. The van der Waals surface area contributed by atoms with Crippen LogP contribution in [0.3, 0.4) is 0 Å². The number of amides is 1. The molecule has 0 aromatic carbocycles. The minimum absolute atomic E-state index is 0.0644. The standard InChI is InChI=1S/C11H8ClN3O2/c12-10-4-8(1-2-14-10)15-11(17)7-3-9(16)6-13-5-7/h1-6,16H,(H,14,15,17). The maximum atomic E-state index is 11.8. The topological polar surface area (TPSA) is 75.1 Å². The largest absolute Gasteiger partial charge is 0.506 e. The highest BCUT2D eigenvalue weighted by atomic mass is 35.5. The highest BCUT2D eigenvalue weighted by Gasteiger charge is 2.07. The number of pyridine rings is 2. The Hall–Kier alpha value is -2.14. The highest BCUT2D eigenvalue weighted by molar-refractivity contribution is 6.29. The Bertz CT molecular complexity index is 560. The molecule has 0 radical (unpaired) electrons. The van der Waals surface area contributed by atoms with Crippen molar-refractivity contribution in [1.29, 1.82) is 0 Å². The lowest BCUT2D eigenvalue weighted by atomic mass is 10.2. The summed E-state index contributed by atoms with van der Waals surface area (Å²) in [6.45, 7) is 0. The molecule has 0 aliphatic heterocycles. The third-order valence-corrected chi connectivity index (χ3v) is 2.18. The first kappa shape index (κ1) is 11.3. The average Bonchev–Trinajstić information content (AvgIpc) is 2.29. The molecule has 0 fully saturated rings. The normalized spacial score (nSPS) is 9.94. The molecule has 2 heterocycles. The van der Waals surface area contributed by atoms with Gasteiger partial charge in [-0.1, -0.05) is 11.6 Å². The van der Waals surface area contributed by atoms with Gasteiger partial charge in [0.25, 0.3) is 5.91 Å². The minimum Gasteiger partial charge on any atom is -0.506 e. The van der Waals surface area contributed by atoms with Crippen LogP contribution in [0, 0.1) is 0 Å². The van der Waals surface area contributed by atoms with E-state index in [1.54, 1.807) is 6.07 Å². The third kappa shape index (κ3) is 2.92. The third-order valence-electron chi connectivity index (χ3n) is 1.97. The van der Waals surface area contributed by atoms with Crippen LogP contribution in [-0.4, -0.2) is 21.0 Å². The number of rotatable bonds is 2. The van der Waals surface area contributed by atoms with Gasteiger partial charge in [-0.2, -0.15) is 0 Å². The van der Waals surface area contributed by atoms with Gasteiger partial charge in [0.1, 0.15) is 10.9 Å². The number of halogens is 1. The lowest BCUT2D eigenvalue weighted by Crippen LogP contribution is -2.12. The minimum atomic E-state index is -0.379. The van der Waals surface area contributed by atoms with Crippen LogP contribution in [0.4, 0.5) is 5.69 Å². The molecule has 2 N–H and O–H groups in total. The first-order valence-electron chi connectivity index (χ1n) is 4.72. The van der Waals surface area contributed by atoms with Crippen molar-refractivity contribution in [2.75, 3.05) is 5.32 Å². The molecule has 6 heteroatoms. The monoisotopic (exact) mass is 249 g/mol. The van der Waals surface area contributed by atoms with E-state index < -0.39 is 0 Å². The lowest BCUT2D eigenvalue weighted by molar-refractivity contribution is 0.102. The molecular formula is C11H8ClN3O2. The Morgan fingerprint density at radius 3 is 2.88 bits per heavy atom. The fourth-order valence-corrected chi connectivity index (χ4v) is 1.41. The molecule has 5 nitrogen and oxygen atoms in total. The van der Waals surface area contributed by atoms with Gasteiger partial charge >= 0.3 is 0 Å². The zero-order valence-corrected chi connectivity index (χ0v) is 9.35. The number of carbonyl (C=O) groups is 1. The number of nitrogens with one attached hydrogen (secondary N) is 1. The molecule has 2 rings (SSSR count). The Kier molecular flexibility index (Phi) is 3.20. The van der Waals surface area contributed by atoms with Crippen molar-refractivity contribution < 1.29 is 9.90 Å². The van der Waals surface area contributed by atoms with Gasteiger partial charge in [0, 0.05) is 18.1 Å². The van der Waals surface area contributed by atoms with E-state index in [1.165, 1.54) is 30.7 Å². The van der Waals surface area contributed by atoms with Crippen LogP contribution in [0.25, 0.3) is 0 Å². The first-order chi connectivity index (χ1) is 8.15. The summed E-state index contributed by atoms with van der Waals surface area (Å²) in [6, 6.07) is 4.46. The Labute approximate surface area is 102 Å². The van der Waals surface area contributed by atoms with Gasteiger partial charge in [-0.15, -0.1) is 0 Å². The van der Waals surface area contributed by atoms with Gasteiger partial charge in [-0.25, -0.2) is 4.98 Å². The number of nitrogens with zero attached hydrogens (tertiary/aromatic N) is 2. The number of hydrogen-bond donors (Lipinski definition) is 2. The van der Waals surface area contributed by atoms with E-state index in [4.69, 9.17) is 11.6 Å². The SMILES string of the molecule is O=C(Nc1ccnc(Cl)c1)c1cncc(O)c1. The van der Waals surface area contributed by atoms with Gasteiger partial charge in [0.05, 0.1) is 11.8 Å². The summed E-state index contributed by atoms with van der Waals surface area (Å²) < 4.78 is 0. The van der Waals surface area contributed by atoms with E-state index in [9.17, 15) is 9.90 Å².